The molecule has 4 rings (SSSR count). The molecule has 0 radical (unpaired) electrons. The van der Waals surface area contributed by atoms with Gasteiger partial charge in [0.1, 0.15) is 5.78 Å². The zero-order valence-corrected chi connectivity index (χ0v) is 20.2. The Bertz CT molecular complexity index is 943. The Morgan fingerprint density at radius 3 is 2.18 bits per heavy atom. The third-order valence-corrected chi connectivity index (χ3v) is 7.76. The molecule has 4 nitrogen and oxygen atoms in total. The summed E-state index contributed by atoms with van der Waals surface area (Å²) in [6.45, 7) is 6.71. The molecule has 0 unspecified atom stereocenters. The molecule has 1 aliphatic carbocycles. The van der Waals surface area contributed by atoms with E-state index in [1.165, 1.54) is 36.1 Å². The molecule has 0 spiro atoms. The van der Waals surface area contributed by atoms with E-state index in [1.807, 2.05) is 0 Å². The number of carbonyl (C=O) groups excluding carboxylic acids is 2. The zero-order chi connectivity index (χ0) is 23.3. The molecule has 1 amide bonds. The van der Waals surface area contributed by atoms with Crippen molar-refractivity contribution in [2.24, 2.45) is 0 Å². The Morgan fingerprint density at radius 1 is 0.970 bits per heavy atom. The van der Waals surface area contributed by atoms with Crippen molar-refractivity contribution in [3.63, 3.8) is 0 Å². The summed E-state index contributed by atoms with van der Waals surface area (Å²) >= 11 is 0. The number of nitrogens with zero attached hydrogens (tertiary/aromatic N) is 1. The minimum absolute atomic E-state index is 0.0747. The highest BCUT2D eigenvalue weighted by molar-refractivity contribution is 5.89. The van der Waals surface area contributed by atoms with Gasteiger partial charge in [-0.1, -0.05) is 61.4 Å². The Labute approximate surface area is 198 Å². The number of hydrogen-bond donors (Lipinski definition) is 1. The van der Waals surface area contributed by atoms with Crippen molar-refractivity contribution in [3.8, 4) is 11.1 Å². The fraction of sp³-hybridized carbons (Fsp3) is 0.517. The number of rotatable bonds is 9. The van der Waals surface area contributed by atoms with Crippen molar-refractivity contribution >= 4 is 11.7 Å². The van der Waals surface area contributed by atoms with Crippen molar-refractivity contribution in [3.05, 3.63) is 59.7 Å². The van der Waals surface area contributed by atoms with Gasteiger partial charge in [0, 0.05) is 25.6 Å². The van der Waals surface area contributed by atoms with Gasteiger partial charge >= 0.3 is 0 Å². The lowest BCUT2D eigenvalue weighted by Crippen LogP contribution is -2.43. The molecule has 0 aromatic heterocycles. The Morgan fingerprint density at radius 2 is 1.61 bits per heavy atom. The predicted molar refractivity (Wildman–Crippen MR) is 134 cm³/mol. The van der Waals surface area contributed by atoms with Crippen molar-refractivity contribution in [1.82, 2.24) is 10.2 Å². The van der Waals surface area contributed by atoms with Gasteiger partial charge in [-0.3, -0.25) is 9.59 Å². The van der Waals surface area contributed by atoms with Crippen LogP contribution in [0.4, 0.5) is 0 Å². The van der Waals surface area contributed by atoms with Crippen LogP contribution in [0.5, 0.6) is 0 Å². The topological polar surface area (TPSA) is 49.4 Å². The standard InChI is InChI=1S/C29H38N2O2/c1-22-6-5-20-31(22)21-16-24-7-9-25(10-8-24)26-11-13-27(14-12-26)29(17-3-4-18-29)28(33)30-19-15-23(2)32/h7-14,22H,3-6,15-21H2,1-2H3,(H,30,33)/t22-/m1/s1. The Hall–Kier alpha value is -2.46. The van der Waals surface area contributed by atoms with Crippen LogP contribution in [0.25, 0.3) is 11.1 Å². The number of carbonyl (C=O) groups is 2. The second-order valence-electron chi connectivity index (χ2n) is 10.0. The van der Waals surface area contributed by atoms with Crippen LogP contribution < -0.4 is 5.32 Å². The zero-order valence-electron chi connectivity index (χ0n) is 20.2. The molecule has 1 heterocycles. The molecular formula is C29H38N2O2. The van der Waals surface area contributed by atoms with Crippen LogP contribution in [-0.4, -0.2) is 42.3 Å². The smallest absolute Gasteiger partial charge is 0.230 e. The van der Waals surface area contributed by atoms with Gasteiger partial charge in [-0.2, -0.15) is 0 Å². The highest BCUT2D eigenvalue weighted by Gasteiger charge is 2.42. The van der Waals surface area contributed by atoms with Gasteiger partial charge in [0.25, 0.3) is 0 Å². The number of Topliss-reactive ketones (excluding diaryl/α,β-unsaturated/α-hetero) is 1. The third-order valence-electron chi connectivity index (χ3n) is 7.76. The lowest BCUT2D eigenvalue weighted by Gasteiger charge is -2.28. The summed E-state index contributed by atoms with van der Waals surface area (Å²) in [4.78, 5) is 26.9. The second kappa shape index (κ2) is 10.6. The summed E-state index contributed by atoms with van der Waals surface area (Å²) < 4.78 is 0. The van der Waals surface area contributed by atoms with Gasteiger partial charge in [0.15, 0.2) is 0 Å². The minimum Gasteiger partial charge on any atom is -0.355 e. The van der Waals surface area contributed by atoms with E-state index in [4.69, 9.17) is 0 Å². The van der Waals surface area contributed by atoms with E-state index in [2.05, 4.69) is 65.7 Å². The van der Waals surface area contributed by atoms with E-state index in [0.717, 1.165) is 50.3 Å². The maximum absolute atomic E-state index is 13.1. The van der Waals surface area contributed by atoms with Crippen LogP contribution in [0.3, 0.4) is 0 Å². The summed E-state index contributed by atoms with van der Waals surface area (Å²) in [6, 6.07) is 18.2. The predicted octanol–water partition coefficient (Wildman–Crippen LogP) is 5.29. The molecule has 2 aromatic carbocycles. The van der Waals surface area contributed by atoms with Crippen molar-refractivity contribution in [2.45, 2.75) is 76.7 Å². The maximum Gasteiger partial charge on any atom is 0.230 e. The molecular weight excluding hydrogens is 408 g/mol. The van der Waals surface area contributed by atoms with E-state index in [0.29, 0.717) is 13.0 Å². The van der Waals surface area contributed by atoms with Gasteiger partial charge in [0.2, 0.25) is 5.91 Å². The molecule has 1 saturated carbocycles. The lowest BCUT2D eigenvalue weighted by molar-refractivity contribution is -0.126. The molecule has 4 heteroatoms. The molecule has 1 atom stereocenters. The Balaban J connectivity index is 1.41. The lowest BCUT2D eigenvalue weighted by atomic mass is 9.77. The first-order chi connectivity index (χ1) is 16.0. The van der Waals surface area contributed by atoms with E-state index in [-0.39, 0.29) is 11.7 Å². The first kappa shape index (κ1) is 23.7. The fourth-order valence-corrected chi connectivity index (χ4v) is 5.59. The molecule has 176 valence electrons. The fourth-order valence-electron chi connectivity index (χ4n) is 5.59. The summed E-state index contributed by atoms with van der Waals surface area (Å²) in [5.74, 6) is 0.183. The molecule has 2 aliphatic rings. The monoisotopic (exact) mass is 446 g/mol. The van der Waals surface area contributed by atoms with Gasteiger partial charge in [-0.25, -0.2) is 0 Å². The van der Waals surface area contributed by atoms with Gasteiger partial charge < -0.3 is 10.2 Å². The van der Waals surface area contributed by atoms with Crippen LogP contribution in [0.2, 0.25) is 0 Å². The van der Waals surface area contributed by atoms with Crippen LogP contribution in [0.1, 0.15) is 69.9 Å². The number of ketones is 1. The van der Waals surface area contributed by atoms with Gasteiger partial charge in [0.05, 0.1) is 5.41 Å². The summed E-state index contributed by atoms with van der Waals surface area (Å²) in [7, 11) is 0. The molecule has 33 heavy (non-hydrogen) atoms. The van der Waals surface area contributed by atoms with Crippen LogP contribution in [0, 0.1) is 0 Å². The summed E-state index contributed by atoms with van der Waals surface area (Å²) in [6.07, 6.45) is 8.05. The first-order valence-corrected chi connectivity index (χ1v) is 12.7. The Kier molecular flexibility index (Phi) is 7.64. The van der Waals surface area contributed by atoms with Gasteiger partial charge in [-0.15, -0.1) is 0 Å². The van der Waals surface area contributed by atoms with Gasteiger partial charge in [-0.05, 0) is 74.8 Å². The summed E-state index contributed by atoms with van der Waals surface area (Å²) in [5, 5.41) is 3.02. The van der Waals surface area contributed by atoms with Crippen molar-refractivity contribution in [2.75, 3.05) is 19.6 Å². The normalized spacial score (nSPS) is 20.1. The van der Waals surface area contributed by atoms with Crippen LogP contribution in [0.15, 0.2) is 48.5 Å². The second-order valence-corrected chi connectivity index (χ2v) is 10.0. The highest BCUT2D eigenvalue weighted by atomic mass is 16.2. The van der Waals surface area contributed by atoms with E-state index < -0.39 is 5.41 Å². The molecule has 2 aromatic rings. The van der Waals surface area contributed by atoms with Crippen molar-refractivity contribution < 1.29 is 9.59 Å². The number of hydrogen-bond acceptors (Lipinski definition) is 3. The third kappa shape index (κ3) is 5.55. The van der Waals surface area contributed by atoms with Crippen LogP contribution >= 0.6 is 0 Å². The van der Waals surface area contributed by atoms with E-state index >= 15 is 0 Å². The number of benzene rings is 2. The van der Waals surface area contributed by atoms with E-state index in [9.17, 15) is 9.59 Å². The summed E-state index contributed by atoms with van der Waals surface area (Å²) in [5.41, 5.74) is 4.43. The number of likely N-dealkylation sites (tertiary alicyclic amines) is 1. The largest absolute Gasteiger partial charge is 0.355 e. The first-order valence-electron chi connectivity index (χ1n) is 12.7. The molecule has 2 fully saturated rings. The number of nitrogens with one attached hydrogen (secondary N) is 1. The molecule has 1 saturated heterocycles. The quantitative estimate of drug-likeness (QED) is 0.570. The highest BCUT2D eigenvalue weighted by Crippen LogP contribution is 2.42. The molecule has 1 aliphatic heterocycles. The van der Waals surface area contributed by atoms with E-state index in [1.54, 1.807) is 6.92 Å². The number of amides is 1. The maximum atomic E-state index is 13.1. The minimum atomic E-state index is -0.452. The molecule has 0 bridgehead atoms. The van der Waals surface area contributed by atoms with Crippen LogP contribution in [-0.2, 0) is 21.4 Å². The average Bonchev–Trinajstić information content (AvgIpc) is 3.48. The SMILES string of the molecule is CC(=O)CCNC(=O)C1(c2ccc(-c3ccc(CCN4CCC[C@H]4C)cc3)cc2)CCCC1. The molecule has 1 N–H and O–H groups in total. The average molecular weight is 447 g/mol. The van der Waals surface area contributed by atoms with Crippen molar-refractivity contribution in [1.29, 1.82) is 0 Å².